The second kappa shape index (κ2) is 4.72. The molecule has 0 aliphatic rings. The summed E-state index contributed by atoms with van der Waals surface area (Å²) in [4.78, 5) is 23.5. The number of nitrogens with zero attached hydrogens (tertiary/aromatic N) is 1. The monoisotopic (exact) mass is 257 g/mol. The van der Waals surface area contributed by atoms with E-state index in [2.05, 4.69) is 0 Å². The first-order chi connectivity index (χ1) is 8.91. The van der Waals surface area contributed by atoms with Crippen LogP contribution in [-0.2, 0) is 0 Å². The smallest absolute Gasteiger partial charge is 0.341 e. The Morgan fingerprint density at radius 1 is 1.11 bits per heavy atom. The van der Waals surface area contributed by atoms with Gasteiger partial charge < -0.3 is 5.11 Å². The van der Waals surface area contributed by atoms with Gasteiger partial charge in [0.1, 0.15) is 5.56 Å². The molecule has 19 heavy (non-hydrogen) atoms. The van der Waals surface area contributed by atoms with Crippen molar-refractivity contribution in [3.05, 3.63) is 63.1 Å². The summed E-state index contributed by atoms with van der Waals surface area (Å²) < 4.78 is 1.43. The zero-order valence-electron chi connectivity index (χ0n) is 11.1. The summed E-state index contributed by atoms with van der Waals surface area (Å²) >= 11 is 0. The van der Waals surface area contributed by atoms with E-state index in [1.165, 1.54) is 4.57 Å². The summed E-state index contributed by atoms with van der Waals surface area (Å²) in [5, 5.41) is 9.14. The Labute approximate surface area is 110 Å². The lowest BCUT2D eigenvalue weighted by atomic mass is 10.1. The van der Waals surface area contributed by atoms with Crippen LogP contribution in [0.4, 0.5) is 0 Å². The van der Waals surface area contributed by atoms with Crippen molar-refractivity contribution in [2.45, 2.75) is 20.8 Å². The van der Waals surface area contributed by atoms with Crippen LogP contribution >= 0.6 is 0 Å². The average Bonchev–Trinajstić information content (AvgIpc) is 2.30. The first-order valence-corrected chi connectivity index (χ1v) is 5.95. The van der Waals surface area contributed by atoms with E-state index in [0.29, 0.717) is 11.3 Å². The van der Waals surface area contributed by atoms with Crippen LogP contribution in [0.1, 0.15) is 27.2 Å². The Bertz CT molecular complexity index is 697. The fourth-order valence-corrected chi connectivity index (χ4v) is 2.17. The van der Waals surface area contributed by atoms with Crippen molar-refractivity contribution in [1.82, 2.24) is 4.57 Å². The lowest BCUT2D eigenvalue weighted by Crippen LogP contribution is -2.28. The highest BCUT2D eigenvalue weighted by molar-refractivity contribution is 5.89. The molecule has 0 atom stereocenters. The topological polar surface area (TPSA) is 59.3 Å². The van der Waals surface area contributed by atoms with Gasteiger partial charge in [-0.15, -0.1) is 0 Å². The van der Waals surface area contributed by atoms with Crippen molar-refractivity contribution in [2.75, 3.05) is 0 Å². The minimum absolute atomic E-state index is 0.175. The van der Waals surface area contributed by atoms with Gasteiger partial charge in [0.2, 0.25) is 0 Å². The third-order valence-corrected chi connectivity index (χ3v) is 3.10. The molecule has 0 aliphatic carbocycles. The van der Waals surface area contributed by atoms with Crippen LogP contribution < -0.4 is 5.56 Å². The summed E-state index contributed by atoms with van der Waals surface area (Å²) in [6, 6.07) is 9.11. The van der Waals surface area contributed by atoms with E-state index in [1.807, 2.05) is 31.2 Å². The van der Waals surface area contributed by atoms with Crippen LogP contribution in [0.5, 0.6) is 0 Å². The van der Waals surface area contributed by atoms with Gasteiger partial charge in [0.25, 0.3) is 5.56 Å². The predicted molar refractivity (Wildman–Crippen MR) is 73.2 cm³/mol. The summed E-state index contributed by atoms with van der Waals surface area (Å²) in [5.41, 5.74) is 2.30. The molecule has 4 nitrogen and oxygen atoms in total. The Balaban J connectivity index is 2.77. The molecule has 98 valence electrons. The first kappa shape index (κ1) is 13.1. The highest BCUT2D eigenvalue weighted by Crippen LogP contribution is 2.13. The molecule has 0 radical (unpaired) electrons. The SMILES string of the molecule is Cc1ccc(-n2c(C)cc(C)c(C(=O)O)c2=O)cc1. The lowest BCUT2D eigenvalue weighted by molar-refractivity contribution is 0.0693. The number of pyridine rings is 1. The van der Waals surface area contributed by atoms with Gasteiger partial charge in [-0.2, -0.15) is 0 Å². The quantitative estimate of drug-likeness (QED) is 0.899. The molecule has 2 aromatic rings. The van der Waals surface area contributed by atoms with Gasteiger partial charge in [-0.3, -0.25) is 9.36 Å². The highest BCUT2D eigenvalue weighted by atomic mass is 16.4. The molecule has 0 spiro atoms. The lowest BCUT2D eigenvalue weighted by Gasteiger charge is -2.13. The Morgan fingerprint density at radius 3 is 2.21 bits per heavy atom. The van der Waals surface area contributed by atoms with E-state index in [0.717, 1.165) is 11.3 Å². The number of aromatic nitrogens is 1. The minimum atomic E-state index is -1.19. The van der Waals surface area contributed by atoms with E-state index in [9.17, 15) is 9.59 Å². The van der Waals surface area contributed by atoms with Crippen LogP contribution in [0.15, 0.2) is 35.1 Å². The number of rotatable bonds is 2. The fourth-order valence-electron chi connectivity index (χ4n) is 2.17. The van der Waals surface area contributed by atoms with E-state index < -0.39 is 11.5 Å². The molecule has 0 saturated heterocycles. The predicted octanol–water partition coefficient (Wildman–Crippen LogP) is 2.46. The van der Waals surface area contributed by atoms with Gasteiger partial charge in [-0.05, 0) is 44.5 Å². The highest BCUT2D eigenvalue weighted by Gasteiger charge is 2.17. The number of carboxylic acids is 1. The number of carbonyl (C=O) groups is 1. The molecule has 1 N–H and O–H groups in total. The molecule has 0 saturated carbocycles. The summed E-state index contributed by atoms with van der Waals surface area (Å²) in [6.07, 6.45) is 0. The molecular weight excluding hydrogens is 242 g/mol. The third kappa shape index (κ3) is 2.29. The summed E-state index contributed by atoms with van der Waals surface area (Å²) in [7, 11) is 0. The molecule has 0 bridgehead atoms. The number of hydrogen-bond acceptors (Lipinski definition) is 2. The van der Waals surface area contributed by atoms with Gasteiger partial charge in [0.05, 0.1) is 0 Å². The van der Waals surface area contributed by atoms with Gasteiger partial charge in [0.15, 0.2) is 0 Å². The average molecular weight is 257 g/mol. The second-order valence-electron chi connectivity index (χ2n) is 4.62. The van der Waals surface area contributed by atoms with Crippen molar-refractivity contribution in [2.24, 2.45) is 0 Å². The number of aryl methyl sites for hydroxylation is 3. The Hall–Kier alpha value is -2.36. The molecule has 1 aromatic heterocycles. The maximum Gasteiger partial charge on any atom is 0.341 e. The number of hydrogen-bond donors (Lipinski definition) is 1. The van der Waals surface area contributed by atoms with Gasteiger partial charge in [-0.1, -0.05) is 17.7 Å². The van der Waals surface area contributed by atoms with Crippen LogP contribution in [0.3, 0.4) is 0 Å². The van der Waals surface area contributed by atoms with E-state index in [-0.39, 0.29) is 5.56 Å². The van der Waals surface area contributed by atoms with Crippen LogP contribution in [0, 0.1) is 20.8 Å². The number of aromatic carboxylic acids is 1. The van der Waals surface area contributed by atoms with E-state index in [4.69, 9.17) is 5.11 Å². The van der Waals surface area contributed by atoms with Crippen LogP contribution in [0.2, 0.25) is 0 Å². The number of benzene rings is 1. The summed E-state index contributed by atoms with van der Waals surface area (Å²) in [6.45, 7) is 5.38. The van der Waals surface area contributed by atoms with E-state index in [1.54, 1.807) is 19.9 Å². The Kier molecular flexibility index (Phi) is 3.25. The molecule has 1 heterocycles. The largest absolute Gasteiger partial charge is 0.477 e. The molecule has 1 aromatic carbocycles. The second-order valence-corrected chi connectivity index (χ2v) is 4.62. The summed E-state index contributed by atoms with van der Waals surface area (Å²) in [5.74, 6) is -1.19. The van der Waals surface area contributed by atoms with Crippen molar-refractivity contribution >= 4 is 5.97 Å². The molecule has 0 unspecified atom stereocenters. The van der Waals surface area contributed by atoms with Crippen molar-refractivity contribution in [3.63, 3.8) is 0 Å². The fraction of sp³-hybridized carbons (Fsp3) is 0.200. The normalized spacial score (nSPS) is 10.5. The zero-order valence-corrected chi connectivity index (χ0v) is 11.1. The molecule has 2 rings (SSSR count). The zero-order chi connectivity index (χ0) is 14.2. The van der Waals surface area contributed by atoms with Gasteiger partial charge in [-0.25, -0.2) is 4.79 Å². The van der Waals surface area contributed by atoms with Crippen molar-refractivity contribution in [1.29, 1.82) is 0 Å². The molecule has 4 heteroatoms. The van der Waals surface area contributed by atoms with E-state index >= 15 is 0 Å². The number of carboxylic acid groups (broad SMARTS) is 1. The molecule has 0 aliphatic heterocycles. The van der Waals surface area contributed by atoms with Crippen LogP contribution in [-0.4, -0.2) is 15.6 Å². The van der Waals surface area contributed by atoms with Crippen molar-refractivity contribution < 1.29 is 9.90 Å². The third-order valence-electron chi connectivity index (χ3n) is 3.10. The van der Waals surface area contributed by atoms with Crippen molar-refractivity contribution in [3.8, 4) is 5.69 Å². The van der Waals surface area contributed by atoms with Gasteiger partial charge >= 0.3 is 5.97 Å². The molecule has 0 fully saturated rings. The maximum atomic E-state index is 12.3. The van der Waals surface area contributed by atoms with Gasteiger partial charge in [0, 0.05) is 11.4 Å². The molecular formula is C15H15NO3. The standard InChI is InChI=1S/C15H15NO3/c1-9-4-6-12(7-5-9)16-11(3)8-10(2)13(14(16)17)15(18)19/h4-8H,1-3H3,(H,18,19). The Morgan fingerprint density at radius 2 is 1.68 bits per heavy atom. The maximum absolute atomic E-state index is 12.3. The minimum Gasteiger partial charge on any atom is -0.477 e. The molecule has 0 amide bonds. The first-order valence-electron chi connectivity index (χ1n) is 5.95. The van der Waals surface area contributed by atoms with Crippen LogP contribution in [0.25, 0.3) is 5.69 Å².